The van der Waals surface area contributed by atoms with Gasteiger partial charge in [0.1, 0.15) is 0 Å². The molecule has 1 aliphatic rings. The Morgan fingerprint density at radius 3 is 2.81 bits per heavy atom. The van der Waals surface area contributed by atoms with Gasteiger partial charge < -0.3 is 10.6 Å². The number of carbonyl (C=O) groups is 1. The second-order valence-electron chi connectivity index (χ2n) is 4.84. The quantitative estimate of drug-likeness (QED) is 0.861. The first kappa shape index (κ1) is 15.7. The lowest BCUT2D eigenvalue weighted by Crippen LogP contribution is -2.15. The highest BCUT2D eigenvalue weighted by molar-refractivity contribution is 6.34. The summed E-state index contributed by atoms with van der Waals surface area (Å²) in [7, 11) is 0. The standard InChI is InChI=1S/C16H15ClN2O.ClH/c17-14-6-2-1-5-13(14)16(20)19-12-8-7-11-4-3-9-18-15(11)10-12;/h1-2,5-8,10,18H,3-4,9H2,(H,19,20);1H. The SMILES string of the molecule is Cl.O=C(Nc1ccc2c(c1)NCCC2)c1ccccc1Cl. The molecule has 0 bridgehead atoms. The average molecular weight is 323 g/mol. The number of aryl methyl sites for hydroxylation is 1. The van der Waals surface area contributed by atoms with Gasteiger partial charge in [0.2, 0.25) is 0 Å². The fourth-order valence-corrected chi connectivity index (χ4v) is 2.60. The molecule has 0 saturated carbocycles. The van der Waals surface area contributed by atoms with Crippen LogP contribution in [0.4, 0.5) is 11.4 Å². The first-order chi connectivity index (χ1) is 9.74. The van der Waals surface area contributed by atoms with Gasteiger partial charge in [-0.2, -0.15) is 0 Å². The van der Waals surface area contributed by atoms with E-state index < -0.39 is 0 Å². The molecule has 1 aliphatic heterocycles. The molecule has 0 fully saturated rings. The van der Waals surface area contributed by atoms with Gasteiger partial charge in [0.15, 0.2) is 0 Å². The average Bonchev–Trinajstić information content (AvgIpc) is 2.47. The molecule has 2 N–H and O–H groups in total. The van der Waals surface area contributed by atoms with Gasteiger partial charge in [0.05, 0.1) is 10.6 Å². The van der Waals surface area contributed by atoms with Crippen LogP contribution in [0, 0.1) is 0 Å². The van der Waals surface area contributed by atoms with Gasteiger partial charge in [-0.05, 0) is 42.7 Å². The molecule has 0 saturated heterocycles. The van der Waals surface area contributed by atoms with Crippen molar-refractivity contribution in [3.8, 4) is 0 Å². The molecule has 3 rings (SSSR count). The van der Waals surface area contributed by atoms with Gasteiger partial charge >= 0.3 is 0 Å². The lowest BCUT2D eigenvalue weighted by atomic mass is 10.0. The van der Waals surface area contributed by atoms with E-state index in [2.05, 4.69) is 16.7 Å². The Morgan fingerprint density at radius 1 is 1.19 bits per heavy atom. The maximum Gasteiger partial charge on any atom is 0.257 e. The Morgan fingerprint density at radius 2 is 2.00 bits per heavy atom. The van der Waals surface area contributed by atoms with Crippen LogP contribution in [0.5, 0.6) is 0 Å². The Balaban J connectivity index is 0.00000161. The van der Waals surface area contributed by atoms with Gasteiger partial charge in [0.25, 0.3) is 5.91 Å². The molecular weight excluding hydrogens is 307 g/mol. The molecule has 3 nitrogen and oxygen atoms in total. The fourth-order valence-electron chi connectivity index (χ4n) is 2.38. The second kappa shape index (κ2) is 6.83. The molecule has 1 heterocycles. The van der Waals surface area contributed by atoms with Gasteiger partial charge in [-0.3, -0.25) is 4.79 Å². The van der Waals surface area contributed by atoms with Crippen LogP contribution in [-0.2, 0) is 6.42 Å². The highest BCUT2D eigenvalue weighted by Crippen LogP contribution is 2.26. The number of nitrogens with one attached hydrogen (secondary N) is 2. The Kier molecular flexibility index (Phi) is 5.10. The number of benzene rings is 2. The monoisotopic (exact) mass is 322 g/mol. The maximum atomic E-state index is 12.2. The number of hydrogen-bond donors (Lipinski definition) is 2. The molecular formula is C16H16Cl2N2O. The maximum absolute atomic E-state index is 12.2. The topological polar surface area (TPSA) is 41.1 Å². The van der Waals surface area contributed by atoms with E-state index in [1.54, 1.807) is 18.2 Å². The first-order valence-corrected chi connectivity index (χ1v) is 7.04. The van der Waals surface area contributed by atoms with Crippen molar-refractivity contribution in [1.82, 2.24) is 0 Å². The summed E-state index contributed by atoms with van der Waals surface area (Å²) >= 11 is 6.03. The van der Waals surface area contributed by atoms with E-state index in [9.17, 15) is 4.79 Å². The van der Waals surface area contributed by atoms with Crippen molar-refractivity contribution in [2.24, 2.45) is 0 Å². The molecule has 110 valence electrons. The Bertz CT molecular complexity index is 658. The summed E-state index contributed by atoms with van der Waals surface area (Å²) in [6.07, 6.45) is 2.24. The van der Waals surface area contributed by atoms with Gasteiger partial charge in [0, 0.05) is 17.9 Å². The van der Waals surface area contributed by atoms with Crippen LogP contribution < -0.4 is 10.6 Å². The van der Waals surface area contributed by atoms with Crippen molar-refractivity contribution in [3.63, 3.8) is 0 Å². The van der Waals surface area contributed by atoms with E-state index in [0.29, 0.717) is 10.6 Å². The van der Waals surface area contributed by atoms with E-state index >= 15 is 0 Å². The third kappa shape index (κ3) is 3.49. The third-order valence-corrected chi connectivity index (χ3v) is 3.75. The van der Waals surface area contributed by atoms with Crippen LogP contribution in [0.25, 0.3) is 0 Å². The highest BCUT2D eigenvalue weighted by atomic mass is 35.5. The van der Waals surface area contributed by atoms with Crippen LogP contribution in [-0.4, -0.2) is 12.5 Å². The molecule has 2 aromatic carbocycles. The number of rotatable bonds is 2. The predicted molar refractivity (Wildman–Crippen MR) is 89.9 cm³/mol. The van der Waals surface area contributed by atoms with Gasteiger partial charge in [-0.25, -0.2) is 0 Å². The smallest absolute Gasteiger partial charge is 0.257 e. The summed E-state index contributed by atoms with van der Waals surface area (Å²) in [5.74, 6) is -0.189. The Hall–Kier alpha value is -1.71. The summed E-state index contributed by atoms with van der Waals surface area (Å²) in [5.41, 5.74) is 3.67. The van der Waals surface area contributed by atoms with Crippen LogP contribution in [0.3, 0.4) is 0 Å². The number of amides is 1. The molecule has 0 radical (unpaired) electrons. The van der Waals surface area contributed by atoms with Crippen molar-refractivity contribution in [2.75, 3.05) is 17.2 Å². The summed E-state index contributed by atoms with van der Waals surface area (Å²) in [5, 5.41) is 6.70. The van der Waals surface area contributed by atoms with Crippen molar-refractivity contribution in [1.29, 1.82) is 0 Å². The van der Waals surface area contributed by atoms with Crippen molar-refractivity contribution >= 4 is 41.3 Å². The zero-order valence-corrected chi connectivity index (χ0v) is 12.9. The summed E-state index contributed by atoms with van der Waals surface area (Å²) < 4.78 is 0. The second-order valence-corrected chi connectivity index (χ2v) is 5.24. The van der Waals surface area contributed by atoms with Crippen LogP contribution >= 0.6 is 24.0 Å². The van der Waals surface area contributed by atoms with E-state index in [-0.39, 0.29) is 18.3 Å². The molecule has 2 aromatic rings. The molecule has 0 unspecified atom stereocenters. The number of anilines is 2. The lowest BCUT2D eigenvalue weighted by Gasteiger charge is -2.19. The molecule has 0 aromatic heterocycles. The lowest BCUT2D eigenvalue weighted by molar-refractivity contribution is 0.102. The van der Waals surface area contributed by atoms with E-state index in [1.807, 2.05) is 18.2 Å². The van der Waals surface area contributed by atoms with Gasteiger partial charge in [-0.15, -0.1) is 12.4 Å². The number of fused-ring (bicyclic) bond motifs is 1. The minimum atomic E-state index is -0.189. The predicted octanol–water partition coefficient (Wildman–Crippen LogP) is 4.37. The normalized spacial score (nSPS) is 12.6. The summed E-state index contributed by atoms with van der Waals surface area (Å²) in [4.78, 5) is 12.2. The van der Waals surface area contributed by atoms with Crippen LogP contribution in [0.1, 0.15) is 22.3 Å². The van der Waals surface area contributed by atoms with E-state index in [1.165, 1.54) is 5.56 Å². The van der Waals surface area contributed by atoms with E-state index in [4.69, 9.17) is 11.6 Å². The minimum Gasteiger partial charge on any atom is -0.385 e. The van der Waals surface area contributed by atoms with Gasteiger partial charge in [-0.1, -0.05) is 29.8 Å². The third-order valence-electron chi connectivity index (χ3n) is 3.42. The first-order valence-electron chi connectivity index (χ1n) is 6.67. The molecule has 21 heavy (non-hydrogen) atoms. The van der Waals surface area contributed by atoms with Crippen LogP contribution in [0.2, 0.25) is 5.02 Å². The summed E-state index contributed by atoms with van der Waals surface area (Å²) in [6, 6.07) is 13.0. The molecule has 1 amide bonds. The van der Waals surface area contributed by atoms with E-state index in [0.717, 1.165) is 30.8 Å². The highest BCUT2D eigenvalue weighted by Gasteiger charge is 2.12. The number of hydrogen-bond acceptors (Lipinski definition) is 2. The fraction of sp³-hybridized carbons (Fsp3) is 0.188. The largest absolute Gasteiger partial charge is 0.385 e. The number of halogens is 2. The minimum absolute atomic E-state index is 0. The summed E-state index contributed by atoms with van der Waals surface area (Å²) in [6.45, 7) is 0.981. The van der Waals surface area contributed by atoms with Crippen molar-refractivity contribution in [3.05, 3.63) is 58.6 Å². The molecule has 5 heteroatoms. The molecule has 0 atom stereocenters. The zero-order valence-electron chi connectivity index (χ0n) is 11.4. The van der Waals surface area contributed by atoms with Crippen LogP contribution in [0.15, 0.2) is 42.5 Å². The Labute approximate surface area is 135 Å². The molecule has 0 spiro atoms. The zero-order chi connectivity index (χ0) is 13.9. The number of carbonyl (C=O) groups excluding carboxylic acids is 1. The van der Waals surface area contributed by atoms with Crippen molar-refractivity contribution < 1.29 is 4.79 Å². The van der Waals surface area contributed by atoms with Crippen molar-refractivity contribution in [2.45, 2.75) is 12.8 Å². The molecule has 0 aliphatic carbocycles.